The maximum Gasteiger partial charge on any atom is 0.343 e. The number of anilines is 1. The molecule has 0 spiro atoms. The van der Waals surface area contributed by atoms with Crippen molar-refractivity contribution >= 4 is 69.9 Å². The number of benzene rings is 1. The Kier molecular flexibility index (Phi) is 27.5. The molecule has 7 N–H and O–H groups in total. The summed E-state index contributed by atoms with van der Waals surface area (Å²) >= 11 is 0. The number of nitrogens with one attached hydrogen (secondary N) is 5. The highest BCUT2D eigenvalue weighted by molar-refractivity contribution is 6.13. The van der Waals surface area contributed by atoms with Crippen LogP contribution in [-0.2, 0) is 117 Å². The van der Waals surface area contributed by atoms with E-state index in [0.29, 0.717) is 128 Å². The average molecular weight is 1280 g/mol. The van der Waals surface area contributed by atoms with Crippen LogP contribution in [0.5, 0.6) is 0 Å². The van der Waals surface area contributed by atoms with Crippen LogP contribution < -0.4 is 32.1 Å². The first-order chi connectivity index (χ1) is 43.8. The maximum absolute atomic E-state index is 13.8. The van der Waals surface area contributed by atoms with Crippen LogP contribution >= 0.6 is 0 Å². The molecular formula is C62H84N8O21. The Morgan fingerprint density at radius 1 is 0.659 bits per heavy atom. The molecular weight excluding hydrogens is 1190 g/mol. The second kappa shape index (κ2) is 35.3. The highest BCUT2D eigenvalue weighted by Crippen LogP contribution is 2.43. The number of aryl methyl sites for hydroxylation is 2. The van der Waals surface area contributed by atoms with Gasteiger partial charge < -0.3 is 84.0 Å². The van der Waals surface area contributed by atoms with Crippen molar-refractivity contribution in [2.75, 3.05) is 124 Å². The van der Waals surface area contributed by atoms with Crippen molar-refractivity contribution in [2.24, 2.45) is 5.92 Å². The van der Waals surface area contributed by atoms with E-state index in [1.165, 1.54) is 19.1 Å². The Hall–Kier alpha value is -7.61. The number of carbonyl (C=O) groups excluding carboxylic acids is 8. The molecule has 0 fully saturated rings. The summed E-state index contributed by atoms with van der Waals surface area (Å²) in [7, 11) is 0. The Balaban J connectivity index is 0.681. The van der Waals surface area contributed by atoms with Crippen molar-refractivity contribution in [1.29, 1.82) is 0 Å². The Morgan fingerprint density at radius 3 is 1.79 bits per heavy atom. The number of carboxylic acids is 1. The number of aliphatic carboxylic acids is 1. The minimum absolute atomic E-state index is 0.00735. The van der Waals surface area contributed by atoms with E-state index in [9.17, 15) is 58.2 Å². The zero-order valence-corrected chi connectivity index (χ0v) is 52.0. The zero-order chi connectivity index (χ0) is 65.5. The molecule has 3 aliphatic heterocycles. The normalized spacial score (nSPS) is 16.5. The number of hydrogen-bond donors (Lipinski definition) is 7. The molecule has 1 aliphatic carbocycles. The van der Waals surface area contributed by atoms with E-state index in [2.05, 4.69) is 26.6 Å². The van der Waals surface area contributed by atoms with Crippen molar-refractivity contribution in [1.82, 2.24) is 35.7 Å². The molecule has 7 rings (SSSR count). The molecule has 29 heteroatoms. The van der Waals surface area contributed by atoms with E-state index >= 15 is 0 Å². The second-order valence-corrected chi connectivity index (χ2v) is 22.3. The van der Waals surface area contributed by atoms with Crippen molar-refractivity contribution in [3.05, 3.63) is 68.5 Å². The molecule has 0 bridgehead atoms. The fourth-order valence-electron chi connectivity index (χ4n) is 10.6. The molecule has 2 aromatic heterocycles. The third-order valence-corrected chi connectivity index (χ3v) is 15.6. The van der Waals surface area contributed by atoms with Gasteiger partial charge in [-0.15, -0.1) is 0 Å². The number of amides is 7. The van der Waals surface area contributed by atoms with Crippen molar-refractivity contribution in [3.8, 4) is 11.4 Å². The molecule has 3 aromatic rings. The zero-order valence-electron chi connectivity index (χ0n) is 52.0. The number of carbonyl (C=O) groups is 9. The largest absolute Gasteiger partial charge is 0.480 e. The molecule has 1 aromatic carbocycles. The van der Waals surface area contributed by atoms with Gasteiger partial charge in [0.15, 0.2) is 5.60 Å². The molecule has 3 unspecified atom stereocenters. The number of imide groups is 1. The van der Waals surface area contributed by atoms with Gasteiger partial charge in [0.05, 0.1) is 135 Å². The van der Waals surface area contributed by atoms with Crippen LogP contribution in [0.2, 0.25) is 0 Å². The number of rotatable bonds is 42. The first-order valence-corrected chi connectivity index (χ1v) is 30.8. The summed E-state index contributed by atoms with van der Waals surface area (Å²) in [5.74, 6) is -6.08. The van der Waals surface area contributed by atoms with E-state index in [4.69, 9.17) is 47.6 Å². The number of aromatic nitrogens is 2. The van der Waals surface area contributed by atoms with Crippen LogP contribution in [0.4, 0.5) is 5.69 Å². The van der Waals surface area contributed by atoms with Crippen LogP contribution in [0, 0.1) is 5.92 Å². The number of ether oxygens (including phenoxy) is 9. The number of hydrogen-bond acceptors (Lipinski definition) is 21. The summed E-state index contributed by atoms with van der Waals surface area (Å²) in [6.45, 7) is 12.0. The minimum Gasteiger partial charge on any atom is -0.480 e. The lowest BCUT2D eigenvalue weighted by Crippen LogP contribution is -2.54. The topological polar surface area (TPSA) is 375 Å². The summed E-state index contributed by atoms with van der Waals surface area (Å²) in [5, 5.41) is 35.4. The van der Waals surface area contributed by atoms with Gasteiger partial charge in [-0.25, -0.2) is 14.6 Å². The summed E-state index contributed by atoms with van der Waals surface area (Å²) < 4.78 is 50.5. The van der Waals surface area contributed by atoms with Crippen LogP contribution in [-0.4, -0.2) is 215 Å². The van der Waals surface area contributed by atoms with Crippen molar-refractivity contribution in [2.45, 2.75) is 116 Å². The highest BCUT2D eigenvalue weighted by atomic mass is 16.6. The van der Waals surface area contributed by atoms with Gasteiger partial charge in [0.1, 0.15) is 24.7 Å². The van der Waals surface area contributed by atoms with E-state index in [-0.39, 0.29) is 94.2 Å². The lowest BCUT2D eigenvalue weighted by Gasteiger charge is -2.31. The average Bonchev–Trinajstić information content (AvgIpc) is 1.64. The van der Waals surface area contributed by atoms with E-state index in [1.807, 2.05) is 0 Å². The summed E-state index contributed by atoms with van der Waals surface area (Å²) in [6.07, 6.45) is 3.71. The minimum atomic E-state index is -1.96. The number of pyridine rings is 2. The number of esters is 1. The number of nitrogens with zero attached hydrogens (tertiary/aromatic N) is 3. The van der Waals surface area contributed by atoms with Gasteiger partial charge in [0.25, 0.3) is 17.4 Å². The maximum atomic E-state index is 13.8. The van der Waals surface area contributed by atoms with Crippen LogP contribution in [0.25, 0.3) is 22.3 Å². The van der Waals surface area contributed by atoms with Gasteiger partial charge in [0, 0.05) is 66.7 Å². The van der Waals surface area contributed by atoms with Crippen LogP contribution in [0.3, 0.4) is 0 Å². The standard InChI is InChI=1S/C62H84N8O21/c1-5-62(82)44-35-48-56-42(36-70(48)59(78)43(44)37-91-61(62)81)40-7-6-8-41-45(9-10-46(66-56)54(40)41)67-57(76)39(4)64-58(77)55(38(2)3)68-50(72)12-11-47(60(79)80)65-51(73)16-19-83-21-23-85-25-27-87-29-31-89-33-34-90-32-30-88-28-26-86-24-22-84-20-17-63-49(71)15-18-69-52(74)13-14-53(69)75/h9-10,13-14,35,38-39,47,55,82H,5-8,11-12,15-34,36-37H2,1-4H3,(H,63,71)(H,64,77)(H,65,73)(H,67,76)(H,68,72)(H,79,80)/t39?,47?,55?,62-/m0/s1. The Morgan fingerprint density at radius 2 is 1.22 bits per heavy atom. The molecule has 4 aliphatic rings. The fraction of sp³-hybridized carbons (Fsp3) is 0.597. The first-order valence-electron chi connectivity index (χ1n) is 30.8. The highest BCUT2D eigenvalue weighted by Gasteiger charge is 2.46. The molecule has 91 heavy (non-hydrogen) atoms. The lowest BCUT2D eigenvalue weighted by molar-refractivity contribution is -0.172. The predicted molar refractivity (Wildman–Crippen MR) is 323 cm³/mol. The monoisotopic (exact) mass is 1280 g/mol. The fourth-order valence-corrected chi connectivity index (χ4v) is 10.6. The van der Waals surface area contributed by atoms with E-state index in [1.54, 1.807) is 43.5 Å². The molecule has 498 valence electrons. The lowest BCUT2D eigenvalue weighted by atomic mass is 9.85. The van der Waals surface area contributed by atoms with E-state index < -0.39 is 77.0 Å². The van der Waals surface area contributed by atoms with Gasteiger partial charge in [0.2, 0.25) is 29.5 Å². The second-order valence-electron chi connectivity index (χ2n) is 22.3. The van der Waals surface area contributed by atoms with Crippen LogP contribution in [0.1, 0.15) is 94.0 Å². The predicted octanol–water partition coefficient (Wildman–Crippen LogP) is 0.456. The van der Waals surface area contributed by atoms with Gasteiger partial charge in [-0.05, 0) is 74.3 Å². The summed E-state index contributed by atoms with van der Waals surface area (Å²) in [5.41, 5.74) is 3.11. The number of fused-ring (bicyclic) bond motifs is 5. The summed E-state index contributed by atoms with van der Waals surface area (Å²) in [4.78, 5) is 133. The van der Waals surface area contributed by atoms with Crippen molar-refractivity contribution in [3.63, 3.8) is 0 Å². The smallest absolute Gasteiger partial charge is 0.343 e. The molecule has 0 radical (unpaired) electrons. The van der Waals surface area contributed by atoms with Crippen LogP contribution in [0.15, 0.2) is 35.1 Å². The first kappa shape index (κ1) is 70.8. The SMILES string of the molecule is CC[C@@]1(O)C(=O)OCc2c1cc1n(c2=O)Cc2c-1nc1ccc(NC(=O)C(C)NC(=O)C(NC(=O)CCC(NC(=O)CCOCCOCCOCCOCCOCCOCCOCCOCCNC(=O)CCN3C(=O)C=CC3=O)C(=O)O)C(C)C)c3c1c2CCC3. The molecule has 4 atom stereocenters. The Bertz CT molecular complexity index is 3170. The summed E-state index contributed by atoms with van der Waals surface area (Å²) in [6, 6.07) is 1.67. The number of aliphatic hydroxyl groups is 1. The molecule has 0 saturated heterocycles. The van der Waals surface area contributed by atoms with Gasteiger partial charge in [-0.2, -0.15) is 0 Å². The Labute approximate surface area is 525 Å². The van der Waals surface area contributed by atoms with E-state index in [0.717, 1.165) is 33.4 Å². The number of cyclic esters (lactones) is 1. The van der Waals surface area contributed by atoms with Gasteiger partial charge in [-0.3, -0.25) is 43.3 Å². The van der Waals surface area contributed by atoms with Gasteiger partial charge >= 0.3 is 11.9 Å². The molecule has 0 saturated carbocycles. The van der Waals surface area contributed by atoms with Crippen molar-refractivity contribution < 1.29 is 96.0 Å². The molecule has 5 heterocycles. The third kappa shape index (κ3) is 19.7. The molecule has 29 nitrogen and oxygen atoms in total. The third-order valence-electron chi connectivity index (χ3n) is 15.6. The number of carboxylic acid groups (broad SMARTS) is 1. The van der Waals surface area contributed by atoms with Gasteiger partial charge in [-0.1, -0.05) is 20.8 Å². The molecule has 7 amide bonds. The quantitative estimate of drug-likeness (QED) is 0.0180.